The molecule has 0 bridgehead atoms. The quantitative estimate of drug-likeness (QED) is 0.0662. The number of benzene rings is 4. The van der Waals surface area contributed by atoms with Gasteiger partial charge in [-0.1, -0.05) is 74.7 Å². The number of aromatic hydroxyl groups is 3. The van der Waals surface area contributed by atoms with Crippen LogP contribution in [0, 0.1) is 23.7 Å². The first kappa shape index (κ1) is 65.2. The molecule has 0 saturated carbocycles. The van der Waals surface area contributed by atoms with E-state index < -0.39 is 102 Å². The molecule has 0 amide bonds. The normalized spacial score (nSPS) is 26.7. The number of Topliss-reactive ketones (excluding diaryl/α,β-unsaturated/α-hetero) is 2. The maximum Gasteiger partial charge on any atom is 0.202 e. The number of fused-ring (bicyclic) bond motifs is 6. The Balaban J connectivity index is 0.000000283. The minimum atomic E-state index is -0.977. The number of hydrogen-bond acceptors (Lipinski definition) is 19. The monoisotopic (exact) mass is 1130 g/mol. The van der Waals surface area contributed by atoms with E-state index in [2.05, 4.69) is 13.8 Å². The standard InChI is InChI=1S/C30H34O8.C28H31NO10.4CH4/c1-6-19(31)16-11-18-24(21(12-16)38-22-10-13(2)14(3)15(4)37-22)30(35)26-25(28(18)33)27(32)17-8-7-9-20(36-5)23(17)29(26)34;1-11-24(32)15(29)9-19(38-11)39-18-8-12(16(31)10-30)7-14-21(18)27(35)22-23(28(14)37-3)25(33)13-5-4-6-17(36-2)20(13)26(22)34;;;;/h7-9,13-16,21-22,33,35H,6,10-12H2,1-5H3;4-6,11-12,15,18-19,24,30,32,35H,7-10,29H2,1-3H3;4*1H4/t13-,14-,15-,16+,21-,22-;11-,12+,15-,18-,19-,24+;;;;/m00..../s1. The first-order chi connectivity index (χ1) is 36.7. The SMILES string of the molecule is C.C.C.C.CCC(=O)[C@@H]1Cc2c(O)c3c(c(O)c2[C@@H](O[C@H]2C[C@H](C)[C@H](C)[C@H](C)O2)C1)C(=O)c1c(OC)cccc1C3=O.COc1cccc2c1C(=O)c1c(O)c3c(c(OC)c1C2=O)C[C@@H](C(=O)CO)C[C@@H]3O[C@H]1C[C@H](N)[C@H](O)[C@H](C)O1. The number of aliphatic hydroxyl groups is 2. The van der Waals surface area contributed by atoms with E-state index in [9.17, 15) is 54.3 Å². The smallest absolute Gasteiger partial charge is 0.202 e. The first-order valence-corrected chi connectivity index (χ1v) is 26.0. The van der Waals surface area contributed by atoms with E-state index >= 15 is 0 Å². The number of ketones is 6. The van der Waals surface area contributed by atoms with Crippen LogP contribution in [-0.4, -0.2) is 125 Å². The molecule has 6 aliphatic rings. The van der Waals surface area contributed by atoms with Gasteiger partial charge in [0.25, 0.3) is 0 Å². The van der Waals surface area contributed by atoms with Gasteiger partial charge in [-0.2, -0.15) is 0 Å². The second kappa shape index (κ2) is 25.7. The lowest BCUT2D eigenvalue weighted by Crippen LogP contribution is -2.52. The zero-order valence-corrected chi connectivity index (χ0v) is 44.2. The van der Waals surface area contributed by atoms with Gasteiger partial charge in [0, 0.05) is 70.5 Å². The van der Waals surface area contributed by atoms with Gasteiger partial charge < -0.3 is 64.4 Å². The van der Waals surface area contributed by atoms with Gasteiger partial charge in [-0.25, -0.2) is 0 Å². The molecule has 2 heterocycles. The third-order valence-corrected chi connectivity index (χ3v) is 16.6. The number of carbonyl (C=O) groups excluding carboxylic acids is 6. The number of phenolic OH excluding ortho intramolecular Hbond substituents is 3. The summed E-state index contributed by atoms with van der Waals surface area (Å²) in [5, 5.41) is 54.4. The number of rotatable bonds is 11. The highest BCUT2D eigenvalue weighted by molar-refractivity contribution is 6.32. The molecule has 12 atom stereocenters. The van der Waals surface area contributed by atoms with Crippen LogP contribution in [0.15, 0.2) is 36.4 Å². The Bertz CT molecular complexity index is 3070. The summed E-state index contributed by atoms with van der Waals surface area (Å²) in [5.74, 6) is -4.12. The molecule has 0 spiro atoms. The Morgan fingerprint density at radius 1 is 0.593 bits per heavy atom. The second-order valence-electron chi connectivity index (χ2n) is 20.9. The van der Waals surface area contributed by atoms with Gasteiger partial charge in [0.05, 0.1) is 85.2 Å². The molecule has 19 heteroatoms. The van der Waals surface area contributed by atoms with Crippen molar-refractivity contribution in [1.82, 2.24) is 0 Å². The van der Waals surface area contributed by atoms with Gasteiger partial charge in [0.2, 0.25) is 11.6 Å². The van der Waals surface area contributed by atoms with Crippen LogP contribution in [0.3, 0.4) is 0 Å². The largest absolute Gasteiger partial charge is 0.507 e. The van der Waals surface area contributed by atoms with E-state index in [1.165, 1.54) is 33.5 Å². The minimum Gasteiger partial charge on any atom is -0.507 e. The number of ether oxygens (including phenoxy) is 7. The molecule has 4 aromatic carbocycles. The van der Waals surface area contributed by atoms with Crippen molar-refractivity contribution in [3.05, 3.63) is 103 Å². The Hall–Kier alpha value is -6.58. The molecular weight excluding hydrogens is 1050 g/mol. The lowest BCUT2D eigenvalue weighted by atomic mass is 9.73. The minimum absolute atomic E-state index is 0. The Labute approximate surface area is 474 Å². The first-order valence-electron chi connectivity index (χ1n) is 26.0. The van der Waals surface area contributed by atoms with Gasteiger partial charge in [-0.15, -0.1) is 0 Å². The van der Waals surface area contributed by atoms with E-state index in [1.54, 1.807) is 38.1 Å². The van der Waals surface area contributed by atoms with Crippen molar-refractivity contribution in [2.24, 2.45) is 29.4 Å². The van der Waals surface area contributed by atoms with E-state index in [0.717, 1.165) is 0 Å². The molecule has 7 N–H and O–H groups in total. The van der Waals surface area contributed by atoms with Crippen molar-refractivity contribution >= 4 is 34.7 Å². The molecule has 4 aliphatic carbocycles. The highest BCUT2D eigenvalue weighted by Crippen LogP contribution is 2.54. The summed E-state index contributed by atoms with van der Waals surface area (Å²) in [6, 6.07) is 8.67. The number of hydrogen-bond donors (Lipinski definition) is 6. The fourth-order valence-corrected chi connectivity index (χ4v) is 12.1. The van der Waals surface area contributed by atoms with Crippen LogP contribution in [0.25, 0.3) is 0 Å². The van der Waals surface area contributed by atoms with Crippen LogP contribution >= 0.6 is 0 Å². The zero-order valence-electron chi connectivity index (χ0n) is 44.2. The number of methoxy groups -OCH3 is 3. The lowest BCUT2D eigenvalue weighted by Gasteiger charge is -2.41. The summed E-state index contributed by atoms with van der Waals surface area (Å²) in [7, 11) is 4.12. The third kappa shape index (κ3) is 11.1. The van der Waals surface area contributed by atoms with E-state index in [4.69, 9.17) is 38.9 Å². The van der Waals surface area contributed by atoms with E-state index in [0.29, 0.717) is 30.2 Å². The average molecular weight is 1130 g/mol. The molecule has 0 aromatic heterocycles. The highest BCUT2D eigenvalue weighted by atomic mass is 16.7. The zero-order chi connectivity index (χ0) is 55.6. The topological polar surface area (TPSA) is 294 Å². The maximum absolute atomic E-state index is 13.8. The molecule has 442 valence electrons. The molecule has 0 unspecified atom stereocenters. The number of aliphatic hydroxyl groups excluding tert-OH is 2. The van der Waals surface area contributed by atoms with Crippen molar-refractivity contribution in [3.8, 4) is 34.5 Å². The van der Waals surface area contributed by atoms with Gasteiger partial charge >= 0.3 is 0 Å². The highest BCUT2D eigenvalue weighted by Gasteiger charge is 2.48. The summed E-state index contributed by atoms with van der Waals surface area (Å²) in [6.07, 6.45) is -3.25. The average Bonchev–Trinajstić information content (AvgIpc) is 3.42. The maximum atomic E-state index is 13.8. The molecule has 10 rings (SSSR count). The van der Waals surface area contributed by atoms with Crippen molar-refractivity contribution in [3.63, 3.8) is 0 Å². The third-order valence-electron chi connectivity index (χ3n) is 16.6. The number of nitrogens with two attached hydrogens (primary N) is 1. The van der Waals surface area contributed by atoms with Crippen LogP contribution in [-0.2, 0) is 41.4 Å². The molecule has 2 aliphatic heterocycles. The van der Waals surface area contributed by atoms with Gasteiger partial charge in [-0.3, -0.25) is 28.8 Å². The predicted molar refractivity (Wildman–Crippen MR) is 300 cm³/mol. The van der Waals surface area contributed by atoms with Crippen LogP contribution in [0.5, 0.6) is 34.5 Å². The number of carbonyl (C=O) groups is 6. The fourth-order valence-electron chi connectivity index (χ4n) is 12.1. The summed E-state index contributed by atoms with van der Waals surface area (Å²) < 4.78 is 40.9. The Morgan fingerprint density at radius 3 is 1.53 bits per heavy atom. The molecule has 4 aromatic rings. The van der Waals surface area contributed by atoms with E-state index in [-0.39, 0.29) is 158 Å². The number of phenols is 3. The van der Waals surface area contributed by atoms with Crippen molar-refractivity contribution in [1.29, 1.82) is 0 Å². The molecule has 2 fully saturated rings. The van der Waals surface area contributed by atoms with E-state index in [1.807, 2.05) is 6.92 Å². The summed E-state index contributed by atoms with van der Waals surface area (Å²) in [5.41, 5.74) is 6.51. The van der Waals surface area contributed by atoms with Gasteiger partial charge in [0.15, 0.2) is 29.9 Å². The fraction of sp³-hybridized carbons (Fsp3) is 0.516. The summed E-state index contributed by atoms with van der Waals surface area (Å²) in [4.78, 5) is 80.3. The Kier molecular flexibility index (Phi) is 20.7. The van der Waals surface area contributed by atoms with Gasteiger partial charge in [-0.05, 0) is 63.5 Å². The van der Waals surface area contributed by atoms with Crippen molar-refractivity contribution in [2.75, 3.05) is 27.9 Å². The lowest BCUT2D eigenvalue weighted by molar-refractivity contribution is -0.243. The van der Waals surface area contributed by atoms with Crippen LogP contribution in [0.2, 0.25) is 0 Å². The van der Waals surface area contributed by atoms with Crippen molar-refractivity contribution < 1.29 is 87.5 Å². The van der Waals surface area contributed by atoms with Gasteiger partial charge in [0.1, 0.15) is 46.9 Å². The predicted octanol–water partition coefficient (Wildman–Crippen LogP) is 8.62. The van der Waals surface area contributed by atoms with Crippen LogP contribution in [0.4, 0.5) is 0 Å². The second-order valence-corrected chi connectivity index (χ2v) is 20.9. The summed E-state index contributed by atoms with van der Waals surface area (Å²) in [6.45, 7) is 8.97. The molecule has 19 nitrogen and oxygen atoms in total. The molecular formula is C62H81NO18. The van der Waals surface area contributed by atoms with Crippen LogP contribution < -0.4 is 19.9 Å². The molecule has 2 saturated heterocycles. The molecule has 0 radical (unpaired) electrons. The Morgan fingerprint density at radius 2 is 1.05 bits per heavy atom. The van der Waals surface area contributed by atoms with Crippen LogP contribution in [0.1, 0.15) is 195 Å². The van der Waals surface area contributed by atoms with Crippen molar-refractivity contribution in [2.45, 2.75) is 158 Å². The summed E-state index contributed by atoms with van der Waals surface area (Å²) >= 11 is 0. The molecule has 81 heavy (non-hydrogen) atoms.